The van der Waals surface area contributed by atoms with Crippen molar-refractivity contribution in [2.75, 3.05) is 27.3 Å². The van der Waals surface area contributed by atoms with Crippen molar-refractivity contribution in [3.8, 4) is 5.75 Å². The van der Waals surface area contributed by atoms with Crippen molar-refractivity contribution >= 4 is 28.5 Å². The summed E-state index contributed by atoms with van der Waals surface area (Å²) >= 11 is 6.06. The van der Waals surface area contributed by atoms with Gasteiger partial charge in [0.15, 0.2) is 17.1 Å². The Morgan fingerprint density at radius 2 is 2.25 bits per heavy atom. The first-order valence-electron chi connectivity index (χ1n) is 8.22. The minimum atomic E-state index is -0.142. The van der Waals surface area contributed by atoms with Gasteiger partial charge in [-0.05, 0) is 37.8 Å². The molecule has 1 fully saturated rings. The molecular formula is C18H22ClNO4. The van der Waals surface area contributed by atoms with Gasteiger partial charge in [0.25, 0.3) is 5.91 Å². The molecule has 1 aromatic heterocycles. The average Bonchev–Trinajstić information content (AvgIpc) is 3.22. The molecule has 2 heterocycles. The molecule has 1 amide bonds. The van der Waals surface area contributed by atoms with E-state index in [2.05, 4.69) is 0 Å². The van der Waals surface area contributed by atoms with E-state index in [1.807, 2.05) is 0 Å². The summed E-state index contributed by atoms with van der Waals surface area (Å²) in [6.07, 6.45) is 4.53. The monoisotopic (exact) mass is 351 g/mol. The molecule has 2 aromatic rings. The molecular weight excluding hydrogens is 330 g/mol. The minimum absolute atomic E-state index is 0.142. The second-order valence-electron chi connectivity index (χ2n) is 6.14. The van der Waals surface area contributed by atoms with Crippen LogP contribution in [0.25, 0.3) is 11.0 Å². The number of halogens is 1. The zero-order valence-electron chi connectivity index (χ0n) is 14.0. The second kappa shape index (κ2) is 7.45. The summed E-state index contributed by atoms with van der Waals surface area (Å²) < 4.78 is 16.6. The van der Waals surface area contributed by atoms with Crippen molar-refractivity contribution in [2.45, 2.75) is 31.8 Å². The molecule has 1 aromatic carbocycles. The molecule has 0 spiro atoms. The minimum Gasteiger partial charge on any atom is -0.493 e. The molecule has 24 heavy (non-hydrogen) atoms. The number of rotatable bonds is 6. The third-order valence-corrected chi connectivity index (χ3v) is 4.59. The van der Waals surface area contributed by atoms with Gasteiger partial charge in [-0.1, -0.05) is 11.6 Å². The van der Waals surface area contributed by atoms with Crippen LogP contribution in [0.5, 0.6) is 5.75 Å². The molecule has 1 aliphatic rings. The lowest BCUT2D eigenvalue weighted by molar-refractivity contribution is 0.0736. The van der Waals surface area contributed by atoms with Crippen molar-refractivity contribution in [3.63, 3.8) is 0 Å². The number of carbonyl (C=O) groups is 1. The Balaban J connectivity index is 1.66. The summed E-state index contributed by atoms with van der Waals surface area (Å²) in [6, 6.07) is 5.15. The van der Waals surface area contributed by atoms with Crippen molar-refractivity contribution in [2.24, 2.45) is 0 Å². The van der Waals surface area contributed by atoms with Gasteiger partial charge in [0, 0.05) is 36.7 Å². The SMILES string of the molecule is COc1cc(Cl)cc2cc(C(=O)N(C)CCCC3CCCO3)oc12. The lowest BCUT2D eigenvalue weighted by Crippen LogP contribution is -2.28. The van der Waals surface area contributed by atoms with Crippen LogP contribution in [0.4, 0.5) is 0 Å². The number of carbonyl (C=O) groups excluding carboxylic acids is 1. The van der Waals surface area contributed by atoms with Crippen LogP contribution in [0.15, 0.2) is 22.6 Å². The van der Waals surface area contributed by atoms with Gasteiger partial charge in [-0.15, -0.1) is 0 Å². The van der Waals surface area contributed by atoms with Gasteiger partial charge < -0.3 is 18.8 Å². The van der Waals surface area contributed by atoms with E-state index in [1.165, 1.54) is 0 Å². The Morgan fingerprint density at radius 1 is 1.42 bits per heavy atom. The lowest BCUT2D eigenvalue weighted by atomic mass is 10.1. The predicted octanol–water partition coefficient (Wildman–Crippen LogP) is 4.13. The number of nitrogens with zero attached hydrogens (tertiary/aromatic N) is 1. The Kier molecular flexibility index (Phi) is 5.31. The molecule has 1 saturated heterocycles. The van der Waals surface area contributed by atoms with E-state index in [9.17, 15) is 4.79 Å². The zero-order valence-corrected chi connectivity index (χ0v) is 14.8. The van der Waals surface area contributed by atoms with Crippen LogP contribution in [-0.2, 0) is 4.74 Å². The maximum Gasteiger partial charge on any atom is 0.289 e. The van der Waals surface area contributed by atoms with Crippen LogP contribution in [-0.4, -0.2) is 44.2 Å². The van der Waals surface area contributed by atoms with Gasteiger partial charge >= 0.3 is 0 Å². The zero-order chi connectivity index (χ0) is 17.1. The summed E-state index contributed by atoms with van der Waals surface area (Å²) in [7, 11) is 3.33. The first-order chi connectivity index (χ1) is 11.6. The van der Waals surface area contributed by atoms with Crippen molar-refractivity contribution in [1.29, 1.82) is 0 Å². The van der Waals surface area contributed by atoms with E-state index < -0.39 is 0 Å². The van der Waals surface area contributed by atoms with Crippen LogP contribution in [0, 0.1) is 0 Å². The lowest BCUT2D eigenvalue weighted by Gasteiger charge is -2.16. The van der Waals surface area contributed by atoms with E-state index in [0.717, 1.165) is 37.7 Å². The Hall–Kier alpha value is -1.72. The fourth-order valence-corrected chi connectivity index (χ4v) is 3.28. The standard InChI is InChI=1S/C18H22ClNO4/c1-20(7-3-5-14-6-4-8-23-14)18(21)16-10-12-9-13(19)11-15(22-2)17(12)24-16/h9-11,14H,3-8H2,1-2H3. The summed E-state index contributed by atoms with van der Waals surface area (Å²) in [5.41, 5.74) is 0.540. The van der Waals surface area contributed by atoms with Crippen LogP contribution in [0.2, 0.25) is 5.02 Å². The van der Waals surface area contributed by atoms with Crippen LogP contribution in [0.3, 0.4) is 0 Å². The van der Waals surface area contributed by atoms with Crippen LogP contribution >= 0.6 is 11.6 Å². The van der Waals surface area contributed by atoms with Crippen molar-refractivity contribution in [3.05, 3.63) is 29.0 Å². The van der Waals surface area contributed by atoms with Crippen LogP contribution < -0.4 is 4.74 Å². The van der Waals surface area contributed by atoms with Crippen molar-refractivity contribution in [1.82, 2.24) is 4.90 Å². The van der Waals surface area contributed by atoms with E-state index in [0.29, 0.717) is 34.8 Å². The third kappa shape index (κ3) is 3.68. The maximum atomic E-state index is 12.6. The predicted molar refractivity (Wildman–Crippen MR) is 92.9 cm³/mol. The number of fused-ring (bicyclic) bond motifs is 1. The van der Waals surface area contributed by atoms with Gasteiger partial charge in [0.05, 0.1) is 13.2 Å². The van der Waals surface area contributed by atoms with Crippen molar-refractivity contribution < 1.29 is 18.7 Å². The third-order valence-electron chi connectivity index (χ3n) is 4.37. The normalized spacial score (nSPS) is 17.4. The Bertz CT molecular complexity index is 721. The largest absolute Gasteiger partial charge is 0.493 e. The molecule has 0 saturated carbocycles. The molecule has 3 rings (SSSR count). The van der Waals surface area contributed by atoms with Gasteiger partial charge in [0.1, 0.15) is 0 Å². The highest BCUT2D eigenvalue weighted by molar-refractivity contribution is 6.31. The van der Waals surface area contributed by atoms with E-state index in [4.69, 9.17) is 25.5 Å². The number of amides is 1. The van der Waals surface area contributed by atoms with E-state index in [-0.39, 0.29) is 5.91 Å². The van der Waals surface area contributed by atoms with E-state index >= 15 is 0 Å². The summed E-state index contributed by atoms with van der Waals surface area (Å²) in [5.74, 6) is 0.680. The first kappa shape index (κ1) is 17.1. The summed E-state index contributed by atoms with van der Waals surface area (Å²) in [6.45, 7) is 1.54. The molecule has 6 heteroatoms. The average molecular weight is 352 g/mol. The molecule has 0 radical (unpaired) electrons. The Labute approximate surface area is 146 Å². The number of benzene rings is 1. The second-order valence-corrected chi connectivity index (χ2v) is 6.58. The fraction of sp³-hybridized carbons (Fsp3) is 0.500. The quantitative estimate of drug-likeness (QED) is 0.785. The number of methoxy groups -OCH3 is 1. The van der Waals surface area contributed by atoms with Gasteiger partial charge in [-0.25, -0.2) is 0 Å². The molecule has 130 valence electrons. The van der Waals surface area contributed by atoms with Gasteiger partial charge in [-0.3, -0.25) is 4.79 Å². The molecule has 1 atom stereocenters. The van der Waals surface area contributed by atoms with Gasteiger partial charge in [0.2, 0.25) is 0 Å². The van der Waals surface area contributed by atoms with E-state index in [1.54, 1.807) is 37.3 Å². The summed E-state index contributed by atoms with van der Waals surface area (Å²) in [5, 5.41) is 1.31. The number of hydrogen-bond acceptors (Lipinski definition) is 4. The summed E-state index contributed by atoms with van der Waals surface area (Å²) in [4.78, 5) is 14.2. The number of ether oxygens (including phenoxy) is 2. The first-order valence-corrected chi connectivity index (χ1v) is 8.60. The maximum absolute atomic E-state index is 12.6. The number of hydrogen-bond donors (Lipinski definition) is 0. The topological polar surface area (TPSA) is 51.9 Å². The van der Waals surface area contributed by atoms with Crippen LogP contribution in [0.1, 0.15) is 36.2 Å². The smallest absolute Gasteiger partial charge is 0.289 e. The highest BCUT2D eigenvalue weighted by Gasteiger charge is 2.20. The molecule has 1 aliphatic heterocycles. The Morgan fingerprint density at radius 3 is 2.96 bits per heavy atom. The molecule has 1 unspecified atom stereocenters. The molecule has 0 N–H and O–H groups in total. The number of furan rings is 1. The fourth-order valence-electron chi connectivity index (χ4n) is 3.06. The molecule has 5 nitrogen and oxygen atoms in total. The highest BCUT2D eigenvalue weighted by Crippen LogP contribution is 2.32. The molecule has 0 bridgehead atoms. The highest BCUT2D eigenvalue weighted by atomic mass is 35.5. The molecule has 0 aliphatic carbocycles. The van der Waals surface area contributed by atoms with Gasteiger partial charge in [-0.2, -0.15) is 0 Å².